The Kier molecular flexibility index (Phi) is 2.64. The molecule has 17 heavy (non-hydrogen) atoms. The molecule has 0 saturated heterocycles. The monoisotopic (exact) mass is 248 g/mol. The van der Waals surface area contributed by atoms with Crippen LogP contribution in [-0.4, -0.2) is 21.1 Å². The standard InChI is InChI=1S/C11H12N4OS/c16-10(14-11-12-3-4-17-11)7-1-2-9-8(5-7)6-13-15-9/h3-4,6-7H,1-2,5H2,(H,13,15)(H,12,14,16). The van der Waals surface area contributed by atoms with Crippen molar-refractivity contribution < 1.29 is 4.79 Å². The molecule has 1 atom stereocenters. The summed E-state index contributed by atoms with van der Waals surface area (Å²) in [5, 5.41) is 12.4. The summed E-state index contributed by atoms with van der Waals surface area (Å²) in [4.78, 5) is 16.1. The van der Waals surface area contributed by atoms with E-state index in [1.165, 1.54) is 17.0 Å². The van der Waals surface area contributed by atoms with E-state index >= 15 is 0 Å². The molecule has 2 aromatic heterocycles. The lowest BCUT2D eigenvalue weighted by Gasteiger charge is -2.20. The molecule has 1 amide bonds. The third-order valence-corrected chi connectivity index (χ3v) is 3.74. The van der Waals surface area contributed by atoms with Crippen molar-refractivity contribution in [1.82, 2.24) is 15.2 Å². The topological polar surface area (TPSA) is 70.7 Å². The fourth-order valence-corrected chi connectivity index (χ4v) is 2.66. The molecule has 1 aliphatic rings. The number of aromatic nitrogens is 3. The number of amides is 1. The van der Waals surface area contributed by atoms with Crippen molar-refractivity contribution in [3.63, 3.8) is 0 Å². The SMILES string of the molecule is O=C(Nc1nccs1)C1CCc2[nH]ncc2C1. The number of hydrogen-bond acceptors (Lipinski definition) is 4. The lowest BCUT2D eigenvalue weighted by molar-refractivity contribution is -0.120. The zero-order valence-electron chi connectivity index (χ0n) is 9.14. The molecule has 0 spiro atoms. The van der Waals surface area contributed by atoms with Crippen molar-refractivity contribution in [1.29, 1.82) is 0 Å². The van der Waals surface area contributed by atoms with E-state index in [0.717, 1.165) is 24.8 Å². The Bertz CT molecular complexity index is 519. The summed E-state index contributed by atoms with van der Waals surface area (Å²) in [5.41, 5.74) is 2.33. The van der Waals surface area contributed by atoms with E-state index in [1.807, 2.05) is 11.6 Å². The predicted molar refractivity (Wildman–Crippen MR) is 64.8 cm³/mol. The Morgan fingerprint density at radius 2 is 2.53 bits per heavy atom. The van der Waals surface area contributed by atoms with Crippen LogP contribution < -0.4 is 5.32 Å². The first-order valence-electron chi connectivity index (χ1n) is 5.54. The number of thiazole rings is 1. The second kappa shape index (κ2) is 4.29. The van der Waals surface area contributed by atoms with Gasteiger partial charge in [-0.1, -0.05) is 0 Å². The number of aryl methyl sites for hydroxylation is 1. The summed E-state index contributed by atoms with van der Waals surface area (Å²) in [5.74, 6) is 0.0933. The van der Waals surface area contributed by atoms with Crippen LogP contribution >= 0.6 is 11.3 Å². The highest BCUT2D eigenvalue weighted by atomic mass is 32.1. The van der Waals surface area contributed by atoms with Gasteiger partial charge in [0.2, 0.25) is 5.91 Å². The molecular formula is C11H12N4OS. The Balaban J connectivity index is 1.68. The molecule has 88 valence electrons. The first kappa shape index (κ1) is 10.5. The molecule has 0 fully saturated rings. The largest absolute Gasteiger partial charge is 0.302 e. The smallest absolute Gasteiger partial charge is 0.229 e. The number of fused-ring (bicyclic) bond motifs is 1. The third-order valence-electron chi connectivity index (χ3n) is 3.05. The summed E-state index contributed by atoms with van der Waals surface area (Å²) < 4.78 is 0. The summed E-state index contributed by atoms with van der Waals surface area (Å²) in [6, 6.07) is 0. The van der Waals surface area contributed by atoms with Crippen molar-refractivity contribution in [2.75, 3.05) is 5.32 Å². The van der Waals surface area contributed by atoms with Crippen LogP contribution in [0.5, 0.6) is 0 Å². The van der Waals surface area contributed by atoms with Crippen molar-refractivity contribution in [2.45, 2.75) is 19.3 Å². The Morgan fingerprint density at radius 3 is 3.35 bits per heavy atom. The maximum absolute atomic E-state index is 12.0. The minimum atomic E-state index is 0.0315. The maximum atomic E-state index is 12.0. The van der Waals surface area contributed by atoms with Gasteiger partial charge < -0.3 is 5.32 Å². The second-order valence-electron chi connectivity index (χ2n) is 4.14. The van der Waals surface area contributed by atoms with Crippen LogP contribution in [0.2, 0.25) is 0 Å². The van der Waals surface area contributed by atoms with Crippen LogP contribution in [0, 0.1) is 5.92 Å². The van der Waals surface area contributed by atoms with E-state index in [-0.39, 0.29) is 11.8 Å². The van der Waals surface area contributed by atoms with Gasteiger partial charge in [0.25, 0.3) is 0 Å². The lowest BCUT2D eigenvalue weighted by Crippen LogP contribution is -2.27. The average Bonchev–Trinajstić information content (AvgIpc) is 2.97. The Hall–Kier alpha value is -1.69. The minimum absolute atomic E-state index is 0.0315. The Morgan fingerprint density at radius 1 is 1.59 bits per heavy atom. The van der Waals surface area contributed by atoms with Gasteiger partial charge in [-0.2, -0.15) is 5.10 Å². The number of nitrogens with zero attached hydrogens (tertiary/aromatic N) is 2. The quantitative estimate of drug-likeness (QED) is 0.848. The van der Waals surface area contributed by atoms with Crippen molar-refractivity contribution in [2.24, 2.45) is 5.92 Å². The first-order chi connectivity index (χ1) is 8.33. The van der Waals surface area contributed by atoms with Gasteiger partial charge in [0.1, 0.15) is 0 Å². The zero-order chi connectivity index (χ0) is 11.7. The highest BCUT2D eigenvalue weighted by molar-refractivity contribution is 7.13. The molecule has 0 aromatic carbocycles. The van der Waals surface area contributed by atoms with Crippen LogP contribution in [0.1, 0.15) is 17.7 Å². The summed E-state index contributed by atoms with van der Waals surface area (Å²) in [7, 11) is 0. The van der Waals surface area contributed by atoms with Crippen LogP contribution in [0.4, 0.5) is 5.13 Å². The Labute approximate surface area is 102 Å². The molecule has 1 unspecified atom stereocenters. The van der Waals surface area contributed by atoms with E-state index in [0.29, 0.717) is 5.13 Å². The fourth-order valence-electron chi connectivity index (χ4n) is 2.13. The molecule has 5 nitrogen and oxygen atoms in total. The van der Waals surface area contributed by atoms with E-state index < -0.39 is 0 Å². The molecule has 2 N–H and O–H groups in total. The van der Waals surface area contributed by atoms with E-state index in [9.17, 15) is 4.79 Å². The maximum Gasteiger partial charge on any atom is 0.229 e. The third kappa shape index (κ3) is 2.08. The van der Waals surface area contributed by atoms with Gasteiger partial charge in [-0.05, 0) is 24.8 Å². The second-order valence-corrected chi connectivity index (χ2v) is 5.03. The molecule has 2 aromatic rings. The van der Waals surface area contributed by atoms with E-state index in [4.69, 9.17) is 0 Å². The zero-order valence-corrected chi connectivity index (χ0v) is 9.96. The summed E-state index contributed by atoms with van der Waals surface area (Å²) >= 11 is 1.44. The number of nitrogens with one attached hydrogen (secondary N) is 2. The number of carbonyl (C=O) groups excluding carboxylic acids is 1. The van der Waals surface area contributed by atoms with Crippen LogP contribution in [0.3, 0.4) is 0 Å². The molecule has 0 saturated carbocycles. The molecular weight excluding hydrogens is 236 g/mol. The van der Waals surface area contributed by atoms with E-state index in [1.54, 1.807) is 6.20 Å². The van der Waals surface area contributed by atoms with Crippen LogP contribution in [-0.2, 0) is 17.6 Å². The molecule has 0 aliphatic heterocycles. The van der Waals surface area contributed by atoms with Gasteiger partial charge in [-0.15, -0.1) is 11.3 Å². The van der Waals surface area contributed by atoms with Crippen molar-refractivity contribution >= 4 is 22.4 Å². The highest BCUT2D eigenvalue weighted by Gasteiger charge is 2.26. The first-order valence-corrected chi connectivity index (χ1v) is 6.42. The fraction of sp³-hybridized carbons (Fsp3) is 0.364. The molecule has 1 aliphatic carbocycles. The van der Waals surface area contributed by atoms with Crippen molar-refractivity contribution in [3.8, 4) is 0 Å². The number of anilines is 1. The van der Waals surface area contributed by atoms with Gasteiger partial charge in [-0.25, -0.2) is 4.98 Å². The molecule has 0 bridgehead atoms. The number of hydrogen-bond donors (Lipinski definition) is 2. The molecule has 6 heteroatoms. The van der Waals surface area contributed by atoms with E-state index in [2.05, 4.69) is 20.5 Å². The number of carbonyl (C=O) groups is 1. The summed E-state index contributed by atoms with van der Waals surface area (Å²) in [6.45, 7) is 0. The molecule has 3 rings (SSSR count). The number of aromatic amines is 1. The predicted octanol–water partition coefficient (Wildman–Crippen LogP) is 1.61. The van der Waals surface area contributed by atoms with Crippen molar-refractivity contribution in [3.05, 3.63) is 29.0 Å². The van der Waals surface area contributed by atoms with Gasteiger partial charge in [0, 0.05) is 23.2 Å². The lowest BCUT2D eigenvalue weighted by atomic mass is 9.87. The number of rotatable bonds is 2. The minimum Gasteiger partial charge on any atom is -0.302 e. The normalized spacial score (nSPS) is 18.7. The molecule has 0 radical (unpaired) electrons. The van der Waals surface area contributed by atoms with Crippen LogP contribution in [0.25, 0.3) is 0 Å². The van der Waals surface area contributed by atoms with Gasteiger partial charge >= 0.3 is 0 Å². The molecule has 2 heterocycles. The van der Waals surface area contributed by atoms with Crippen LogP contribution in [0.15, 0.2) is 17.8 Å². The van der Waals surface area contributed by atoms with Gasteiger partial charge in [0.15, 0.2) is 5.13 Å². The van der Waals surface area contributed by atoms with Gasteiger partial charge in [0.05, 0.1) is 6.20 Å². The average molecular weight is 248 g/mol. The summed E-state index contributed by atoms with van der Waals surface area (Å²) in [6.07, 6.45) is 6.04. The number of H-pyrrole nitrogens is 1. The highest BCUT2D eigenvalue weighted by Crippen LogP contribution is 2.25. The van der Waals surface area contributed by atoms with Gasteiger partial charge in [-0.3, -0.25) is 9.89 Å².